The average molecular weight is 320 g/mol. The molecule has 3 aromatic carbocycles. The molecule has 4 rings (SSSR count). The van der Waals surface area contributed by atoms with Gasteiger partial charge in [0, 0.05) is 11.1 Å². The lowest BCUT2D eigenvalue weighted by molar-refractivity contribution is 0.106. The van der Waals surface area contributed by atoms with Gasteiger partial charge in [-0.1, -0.05) is 66.7 Å². The summed E-state index contributed by atoms with van der Waals surface area (Å²) in [7, 11) is -3.69. The van der Waals surface area contributed by atoms with Gasteiger partial charge >= 0.3 is 7.37 Å². The highest BCUT2D eigenvalue weighted by Gasteiger charge is 2.42. The van der Waals surface area contributed by atoms with Crippen molar-refractivity contribution >= 4 is 18.2 Å². The molecule has 1 aliphatic rings. The Morgan fingerprint density at radius 2 is 1.35 bits per heavy atom. The number of carbonyl (C=O) groups is 1. The lowest BCUT2D eigenvalue weighted by Crippen LogP contribution is -2.23. The second-order valence-electron chi connectivity index (χ2n) is 5.33. The predicted molar refractivity (Wildman–Crippen MR) is 90.5 cm³/mol. The van der Waals surface area contributed by atoms with E-state index < -0.39 is 12.9 Å². The molecular formula is C19H13O3P. The molecule has 3 aromatic rings. The minimum Gasteiger partial charge on any atom is -0.434 e. The van der Waals surface area contributed by atoms with Crippen LogP contribution in [-0.4, -0.2) is 5.52 Å². The van der Waals surface area contributed by atoms with Gasteiger partial charge in [-0.3, -0.25) is 9.36 Å². The van der Waals surface area contributed by atoms with E-state index in [-0.39, 0.29) is 0 Å². The molecule has 1 atom stereocenters. The van der Waals surface area contributed by atoms with Crippen molar-refractivity contribution in [2.75, 3.05) is 0 Å². The first kappa shape index (κ1) is 14.0. The summed E-state index contributed by atoms with van der Waals surface area (Å²) in [5, 5.41) is 0.465. The summed E-state index contributed by atoms with van der Waals surface area (Å²) in [6.45, 7) is 0. The maximum absolute atomic E-state index is 13.5. The highest BCUT2D eigenvalue weighted by Crippen LogP contribution is 2.56. The van der Waals surface area contributed by atoms with Crippen molar-refractivity contribution in [3.05, 3.63) is 84.4 Å². The number of benzene rings is 3. The molecule has 0 saturated carbocycles. The summed E-state index contributed by atoms with van der Waals surface area (Å²) in [5.74, 6) is 0.485. The lowest BCUT2D eigenvalue weighted by Gasteiger charge is -2.27. The van der Waals surface area contributed by atoms with Gasteiger partial charge in [-0.25, -0.2) is 0 Å². The third kappa shape index (κ3) is 2.13. The van der Waals surface area contributed by atoms with Crippen LogP contribution >= 0.6 is 7.37 Å². The van der Waals surface area contributed by atoms with Gasteiger partial charge in [0.15, 0.2) is 0 Å². The highest BCUT2D eigenvalue weighted by molar-refractivity contribution is 7.84. The van der Waals surface area contributed by atoms with E-state index in [9.17, 15) is 9.36 Å². The van der Waals surface area contributed by atoms with E-state index in [1.807, 2.05) is 36.4 Å². The van der Waals surface area contributed by atoms with E-state index in [0.29, 0.717) is 16.6 Å². The largest absolute Gasteiger partial charge is 0.434 e. The van der Waals surface area contributed by atoms with Gasteiger partial charge in [0.25, 0.3) is 5.52 Å². The number of hydrogen-bond donors (Lipinski definition) is 0. The summed E-state index contributed by atoms with van der Waals surface area (Å²) in [6.07, 6.45) is 0. The van der Waals surface area contributed by atoms with Crippen LogP contribution in [0.5, 0.6) is 5.75 Å². The summed E-state index contributed by atoms with van der Waals surface area (Å²) in [5.41, 5.74) is 1.57. The number of fused-ring (bicyclic) bond motifs is 3. The van der Waals surface area contributed by atoms with Crippen LogP contribution in [0.15, 0.2) is 78.9 Å². The van der Waals surface area contributed by atoms with Crippen LogP contribution in [0.25, 0.3) is 11.1 Å². The van der Waals surface area contributed by atoms with Crippen LogP contribution in [0.2, 0.25) is 0 Å². The maximum Gasteiger partial charge on any atom is 0.347 e. The molecule has 1 heterocycles. The van der Waals surface area contributed by atoms with E-state index in [1.54, 1.807) is 42.5 Å². The van der Waals surface area contributed by atoms with Crippen molar-refractivity contribution in [3.8, 4) is 16.9 Å². The first-order chi connectivity index (χ1) is 11.2. The van der Waals surface area contributed by atoms with Crippen molar-refractivity contribution in [1.82, 2.24) is 0 Å². The number of carbonyl (C=O) groups excluding carboxylic acids is 1. The quantitative estimate of drug-likeness (QED) is 0.653. The van der Waals surface area contributed by atoms with Gasteiger partial charge in [-0.15, -0.1) is 0 Å². The van der Waals surface area contributed by atoms with E-state index in [2.05, 4.69) is 0 Å². The Morgan fingerprint density at radius 3 is 2.13 bits per heavy atom. The Morgan fingerprint density at radius 1 is 0.739 bits per heavy atom. The van der Waals surface area contributed by atoms with Crippen LogP contribution < -0.4 is 9.83 Å². The smallest absolute Gasteiger partial charge is 0.347 e. The fraction of sp³-hybridized carbons (Fsp3) is 0. The van der Waals surface area contributed by atoms with Gasteiger partial charge < -0.3 is 4.52 Å². The summed E-state index contributed by atoms with van der Waals surface area (Å²) < 4.78 is 19.3. The minimum absolute atomic E-state index is 0.394. The zero-order valence-corrected chi connectivity index (χ0v) is 13.1. The topological polar surface area (TPSA) is 43.4 Å². The average Bonchev–Trinajstić information content (AvgIpc) is 2.62. The van der Waals surface area contributed by atoms with Crippen molar-refractivity contribution in [2.45, 2.75) is 0 Å². The lowest BCUT2D eigenvalue weighted by atomic mass is 10.0. The van der Waals surface area contributed by atoms with Crippen LogP contribution in [0, 0.1) is 0 Å². The molecule has 0 aliphatic carbocycles. The molecule has 112 valence electrons. The SMILES string of the molecule is O=C(c1ccccc1)P1(=O)Oc2ccccc2-c2ccccc21. The van der Waals surface area contributed by atoms with Gasteiger partial charge in [0.1, 0.15) is 5.75 Å². The summed E-state index contributed by atoms with van der Waals surface area (Å²) >= 11 is 0. The van der Waals surface area contributed by atoms with Crippen LogP contribution in [-0.2, 0) is 4.57 Å². The van der Waals surface area contributed by atoms with Crippen molar-refractivity contribution < 1.29 is 13.9 Å². The van der Waals surface area contributed by atoms with Crippen molar-refractivity contribution in [3.63, 3.8) is 0 Å². The van der Waals surface area contributed by atoms with Crippen molar-refractivity contribution in [1.29, 1.82) is 0 Å². The van der Waals surface area contributed by atoms with E-state index >= 15 is 0 Å². The Hall–Kier alpha value is -2.64. The number of hydrogen-bond acceptors (Lipinski definition) is 3. The number of para-hydroxylation sites is 1. The fourth-order valence-corrected chi connectivity index (χ4v) is 4.94. The monoisotopic (exact) mass is 320 g/mol. The van der Waals surface area contributed by atoms with Gasteiger partial charge in [0.2, 0.25) is 0 Å². The maximum atomic E-state index is 13.5. The Bertz CT molecular complexity index is 948. The molecule has 4 heteroatoms. The molecule has 1 aliphatic heterocycles. The van der Waals surface area contributed by atoms with Gasteiger partial charge in [-0.2, -0.15) is 0 Å². The Kier molecular flexibility index (Phi) is 3.17. The Labute approximate surface area is 134 Å². The second-order valence-corrected chi connectivity index (χ2v) is 7.50. The van der Waals surface area contributed by atoms with Crippen molar-refractivity contribution in [2.24, 2.45) is 0 Å². The molecule has 1 unspecified atom stereocenters. The predicted octanol–water partition coefficient (Wildman–Crippen LogP) is 4.49. The van der Waals surface area contributed by atoms with Gasteiger partial charge in [-0.05, 0) is 17.7 Å². The zero-order valence-electron chi connectivity index (χ0n) is 12.2. The summed E-state index contributed by atoms with van der Waals surface area (Å²) in [4.78, 5) is 12.9. The highest BCUT2D eigenvalue weighted by atomic mass is 31.2. The van der Waals surface area contributed by atoms with Crippen LogP contribution in [0.1, 0.15) is 10.4 Å². The van der Waals surface area contributed by atoms with Crippen LogP contribution in [0.3, 0.4) is 0 Å². The molecule has 3 nitrogen and oxygen atoms in total. The molecule has 0 saturated heterocycles. The molecular weight excluding hydrogens is 307 g/mol. The van der Waals surface area contributed by atoms with E-state index in [1.165, 1.54) is 0 Å². The molecule has 0 radical (unpaired) electrons. The molecule has 23 heavy (non-hydrogen) atoms. The van der Waals surface area contributed by atoms with Crippen LogP contribution in [0.4, 0.5) is 0 Å². The van der Waals surface area contributed by atoms with Gasteiger partial charge in [0.05, 0.1) is 5.30 Å². The molecule has 0 aromatic heterocycles. The molecule has 0 fully saturated rings. The fourth-order valence-electron chi connectivity index (χ4n) is 2.82. The zero-order chi connectivity index (χ0) is 15.9. The third-order valence-electron chi connectivity index (χ3n) is 3.91. The first-order valence-corrected chi connectivity index (χ1v) is 8.91. The minimum atomic E-state index is -3.69. The second kappa shape index (κ2) is 5.22. The standard InChI is InChI=1S/C19H13O3P/c20-19(14-8-2-1-3-9-14)23(21)18-13-7-5-11-16(18)15-10-4-6-12-17(15)22-23/h1-13H. The molecule has 0 bridgehead atoms. The molecule has 0 spiro atoms. The number of rotatable bonds is 2. The molecule has 0 N–H and O–H groups in total. The normalized spacial score (nSPS) is 18.4. The van der Waals surface area contributed by atoms with E-state index in [0.717, 1.165) is 11.1 Å². The third-order valence-corrected chi connectivity index (χ3v) is 6.18. The molecule has 0 amide bonds. The summed E-state index contributed by atoms with van der Waals surface area (Å²) in [6, 6.07) is 23.3. The first-order valence-electron chi connectivity index (χ1n) is 7.29. The Balaban J connectivity index is 1.94. The van der Waals surface area contributed by atoms with E-state index in [4.69, 9.17) is 4.52 Å².